The van der Waals surface area contributed by atoms with Crippen LogP contribution < -0.4 is 11.1 Å². The molecule has 1 fully saturated rings. The number of amides is 1. The van der Waals surface area contributed by atoms with Crippen molar-refractivity contribution in [2.45, 2.75) is 12.8 Å². The van der Waals surface area contributed by atoms with Crippen LogP contribution in [0, 0.1) is 5.41 Å². The minimum Gasteiger partial charge on any atom is -0.465 e. The summed E-state index contributed by atoms with van der Waals surface area (Å²) in [4.78, 5) is 24.0. The van der Waals surface area contributed by atoms with Gasteiger partial charge in [0.1, 0.15) is 0 Å². The first-order valence-electron chi connectivity index (χ1n) is 6.99. The molecule has 0 aromatic heterocycles. The molecule has 0 spiro atoms. The number of carbonyl (C=O) groups excluding carboxylic acids is 2. The van der Waals surface area contributed by atoms with Gasteiger partial charge >= 0.3 is 5.97 Å². The van der Waals surface area contributed by atoms with Crippen molar-refractivity contribution >= 4 is 29.2 Å². The summed E-state index contributed by atoms with van der Waals surface area (Å²) in [5, 5.41) is 3.04. The van der Waals surface area contributed by atoms with Crippen LogP contribution in [0.2, 0.25) is 5.02 Å². The minimum absolute atomic E-state index is 0.153. The summed E-state index contributed by atoms with van der Waals surface area (Å²) in [5.41, 5.74) is 5.95. The molecule has 0 bridgehead atoms. The molecular formula is C15H19ClN2O4. The molecule has 0 aliphatic carbocycles. The maximum Gasteiger partial charge on any atom is 0.339 e. The summed E-state index contributed by atoms with van der Waals surface area (Å²) in [6, 6.07) is 4.65. The van der Waals surface area contributed by atoms with Crippen LogP contribution in [0.3, 0.4) is 0 Å². The largest absolute Gasteiger partial charge is 0.465 e. The highest BCUT2D eigenvalue weighted by Crippen LogP contribution is 2.31. The summed E-state index contributed by atoms with van der Waals surface area (Å²) >= 11 is 6.04. The maximum atomic E-state index is 12.5. The number of esters is 1. The summed E-state index contributed by atoms with van der Waals surface area (Å²) in [6.45, 7) is 1.30. The van der Waals surface area contributed by atoms with Crippen molar-refractivity contribution in [1.29, 1.82) is 0 Å². The zero-order chi connectivity index (χ0) is 16.2. The Labute approximate surface area is 133 Å². The minimum atomic E-state index is -0.619. The monoisotopic (exact) mass is 326 g/mol. The Morgan fingerprint density at radius 1 is 1.41 bits per heavy atom. The number of anilines is 1. The number of halogens is 1. The molecule has 0 saturated carbocycles. The number of nitrogens with one attached hydrogen (secondary N) is 1. The molecule has 1 aliphatic heterocycles. The predicted molar refractivity (Wildman–Crippen MR) is 83.0 cm³/mol. The number of nitrogens with two attached hydrogens (primary N) is 1. The highest BCUT2D eigenvalue weighted by molar-refractivity contribution is 6.34. The second kappa shape index (κ2) is 7.09. The quantitative estimate of drug-likeness (QED) is 0.824. The number of rotatable bonds is 4. The molecule has 1 saturated heterocycles. The van der Waals surface area contributed by atoms with Gasteiger partial charge in [-0.15, -0.1) is 0 Å². The molecule has 0 radical (unpaired) electrons. The molecule has 120 valence electrons. The van der Waals surface area contributed by atoms with E-state index < -0.39 is 11.4 Å². The zero-order valence-electron chi connectivity index (χ0n) is 12.4. The lowest BCUT2D eigenvalue weighted by atomic mass is 9.79. The number of benzene rings is 1. The fraction of sp³-hybridized carbons (Fsp3) is 0.467. The van der Waals surface area contributed by atoms with Crippen molar-refractivity contribution in [3.63, 3.8) is 0 Å². The lowest BCUT2D eigenvalue weighted by Gasteiger charge is -2.34. The zero-order valence-corrected chi connectivity index (χ0v) is 13.1. The standard InChI is InChI=1S/C15H19ClN2O4/c1-21-13(19)11-3-2-10(8-12(11)16)18-14(20)15(9-17)4-6-22-7-5-15/h2-3,8H,4-7,9,17H2,1H3,(H,18,20). The van der Waals surface area contributed by atoms with Gasteiger partial charge in [-0.25, -0.2) is 4.79 Å². The molecule has 0 unspecified atom stereocenters. The number of carbonyl (C=O) groups is 2. The second-order valence-corrected chi connectivity index (χ2v) is 5.64. The first kappa shape index (κ1) is 16.7. The summed E-state index contributed by atoms with van der Waals surface area (Å²) in [7, 11) is 1.28. The van der Waals surface area contributed by atoms with Gasteiger partial charge in [0.25, 0.3) is 0 Å². The van der Waals surface area contributed by atoms with E-state index in [9.17, 15) is 9.59 Å². The first-order chi connectivity index (χ1) is 10.5. The Morgan fingerprint density at radius 3 is 2.64 bits per heavy atom. The van der Waals surface area contributed by atoms with Gasteiger partial charge in [0.05, 0.1) is 23.1 Å². The van der Waals surface area contributed by atoms with E-state index in [1.54, 1.807) is 6.07 Å². The Hall–Kier alpha value is -1.63. The average molecular weight is 327 g/mol. The van der Waals surface area contributed by atoms with Crippen LogP contribution in [0.1, 0.15) is 23.2 Å². The van der Waals surface area contributed by atoms with Gasteiger partial charge in [0.15, 0.2) is 0 Å². The van der Waals surface area contributed by atoms with Crippen LogP contribution in [0.5, 0.6) is 0 Å². The molecule has 1 amide bonds. The summed E-state index contributed by atoms with van der Waals surface area (Å²) < 4.78 is 9.92. The van der Waals surface area contributed by atoms with Gasteiger partial charge < -0.3 is 20.5 Å². The van der Waals surface area contributed by atoms with E-state index in [4.69, 9.17) is 22.1 Å². The molecular weight excluding hydrogens is 308 g/mol. The number of hydrogen-bond donors (Lipinski definition) is 2. The van der Waals surface area contributed by atoms with Crippen LogP contribution in [0.25, 0.3) is 0 Å². The van der Waals surface area contributed by atoms with E-state index >= 15 is 0 Å². The van der Waals surface area contributed by atoms with Crippen LogP contribution >= 0.6 is 11.6 Å². The third kappa shape index (κ3) is 3.40. The van der Waals surface area contributed by atoms with Gasteiger partial charge in [0.2, 0.25) is 5.91 Å². The van der Waals surface area contributed by atoms with E-state index in [2.05, 4.69) is 10.1 Å². The molecule has 1 heterocycles. The Kier molecular flexibility index (Phi) is 5.39. The highest BCUT2D eigenvalue weighted by atomic mass is 35.5. The number of methoxy groups -OCH3 is 1. The molecule has 2 rings (SSSR count). The number of hydrogen-bond acceptors (Lipinski definition) is 5. The Bertz CT molecular complexity index is 571. The molecule has 6 nitrogen and oxygen atoms in total. The fourth-order valence-corrected chi connectivity index (χ4v) is 2.68. The van der Waals surface area contributed by atoms with Crippen molar-refractivity contribution in [3.8, 4) is 0 Å². The molecule has 3 N–H and O–H groups in total. The van der Waals surface area contributed by atoms with Crippen molar-refractivity contribution in [3.05, 3.63) is 28.8 Å². The molecule has 7 heteroatoms. The maximum absolute atomic E-state index is 12.5. The van der Waals surface area contributed by atoms with Crippen LogP contribution in [-0.4, -0.2) is 38.7 Å². The van der Waals surface area contributed by atoms with E-state index in [1.807, 2.05) is 0 Å². The van der Waals surface area contributed by atoms with Crippen molar-refractivity contribution in [2.24, 2.45) is 11.1 Å². The topological polar surface area (TPSA) is 90.7 Å². The molecule has 22 heavy (non-hydrogen) atoms. The summed E-state index contributed by atoms with van der Waals surface area (Å²) in [6.07, 6.45) is 1.17. The van der Waals surface area contributed by atoms with Gasteiger partial charge in [0, 0.05) is 25.4 Å². The highest BCUT2D eigenvalue weighted by Gasteiger charge is 2.38. The third-order valence-electron chi connectivity index (χ3n) is 3.95. The van der Waals surface area contributed by atoms with Gasteiger partial charge in [-0.2, -0.15) is 0 Å². The normalized spacial score (nSPS) is 16.9. The third-order valence-corrected chi connectivity index (χ3v) is 4.27. The van der Waals surface area contributed by atoms with Crippen molar-refractivity contribution in [2.75, 3.05) is 32.2 Å². The lowest BCUT2D eigenvalue weighted by molar-refractivity contribution is -0.130. The smallest absolute Gasteiger partial charge is 0.339 e. The molecule has 0 atom stereocenters. The Morgan fingerprint density at radius 2 is 2.09 bits per heavy atom. The fourth-order valence-electron chi connectivity index (χ4n) is 2.42. The lowest BCUT2D eigenvalue weighted by Crippen LogP contribution is -2.46. The van der Waals surface area contributed by atoms with Crippen LogP contribution in [0.15, 0.2) is 18.2 Å². The van der Waals surface area contributed by atoms with E-state index in [-0.39, 0.29) is 23.0 Å². The van der Waals surface area contributed by atoms with Crippen molar-refractivity contribution < 1.29 is 19.1 Å². The van der Waals surface area contributed by atoms with E-state index in [0.717, 1.165) is 0 Å². The Balaban J connectivity index is 2.14. The summed E-state index contributed by atoms with van der Waals surface area (Å²) in [5.74, 6) is -0.675. The first-order valence-corrected chi connectivity index (χ1v) is 7.37. The molecule has 1 aromatic carbocycles. The molecule has 1 aromatic rings. The van der Waals surface area contributed by atoms with Crippen molar-refractivity contribution in [1.82, 2.24) is 0 Å². The van der Waals surface area contributed by atoms with Gasteiger partial charge in [-0.1, -0.05) is 11.6 Å². The molecule has 1 aliphatic rings. The van der Waals surface area contributed by atoms with Crippen LogP contribution in [-0.2, 0) is 14.3 Å². The van der Waals surface area contributed by atoms with E-state index in [0.29, 0.717) is 31.7 Å². The van der Waals surface area contributed by atoms with E-state index in [1.165, 1.54) is 19.2 Å². The van der Waals surface area contributed by atoms with Crippen LogP contribution in [0.4, 0.5) is 5.69 Å². The predicted octanol–water partition coefficient (Wildman–Crippen LogP) is 1.82. The van der Waals surface area contributed by atoms with Gasteiger partial charge in [-0.3, -0.25) is 4.79 Å². The SMILES string of the molecule is COC(=O)c1ccc(NC(=O)C2(CN)CCOCC2)cc1Cl. The average Bonchev–Trinajstić information content (AvgIpc) is 2.54. The van der Waals surface area contributed by atoms with Gasteiger partial charge in [-0.05, 0) is 31.0 Å². The number of ether oxygens (including phenoxy) is 2. The second-order valence-electron chi connectivity index (χ2n) is 5.24.